The lowest BCUT2D eigenvalue weighted by molar-refractivity contribution is 0.0525. The third-order valence-corrected chi connectivity index (χ3v) is 4.93. The van der Waals surface area contributed by atoms with Crippen molar-refractivity contribution in [3.63, 3.8) is 0 Å². The molecular formula is C22H18O6. The molecule has 0 amide bonds. The van der Waals surface area contributed by atoms with Gasteiger partial charge in [0.05, 0.1) is 32.5 Å². The summed E-state index contributed by atoms with van der Waals surface area (Å²) in [4.78, 5) is 25.1. The Morgan fingerprint density at radius 2 is 1.64 bits per heavy atom. The van der Waals surface area contributed by atoms with Gasteiger partial charge in [-0.2, -0.15) is 0 Å². The molecule has 4 rings (SSSR count). The molecule has 1 aliphatic rings. The summed E-state index contributed by atoms with van der Waals surface area (Å²) in [6.45, 7) is 0.0315. The van der Waals surface area contributed by atoms with Crippen LogP contribution in [0.25, 0.3) is 21.9 Å². The second kappa shape index (κ2) is 6.88. The number of benzene rings is 3. The monoisotopic (exact) mass is 378 g/mol. The maximum Gasteiger partial charge on any atom is 0.339 e. The minimum atomic E-state index is -0.496. The molecule has 0 saturated carbocycles. The number of ether oxygens (including phenoxy) is 4. The lowest BCUT2D eigenvalue weighted by Gasteiger charge is -2.16. The Kier molecular flexibility index (Phi) is 4.39. The van der Waals surface area contributed by atoms with Crippen LogP contribution in [0.5, 0.6) is 11.5 Å². The van der Waals surface area contributed by atoms with Crippen molar-refractivity contribution in [2.24, 2.45) is 0 Å². The van der Waals surface area contributed by atoms with E-state index in [-0.39, 0.29) is 6.61 Å². The predicted molar refractivity (Wildman–Crippen MR) is 103 cm³/mol. The maximum atomic E-state index is 12.6. The molecule has 0 unspecified atom stereocenters. The summed E-state index contributed by atoms with van der Waals surface area (Å²) in [5.41, 5.74) is 2.75. The van der Waals surface area contributed by atoms with E-state index in [0.29, 0.717) is 39.1 Å². The van der Waals surface area contributed by atoms with E-state index in [2.05, 4.69) is 0 Å². The molecule has 0 saturated heterocycles. The lowest BCUT2D eigenvalue weighted by Crippen LogP contribution is -2.09. The van der Waals surface area contributed by atoms with E-state index in [0.717, 1.165) is 10.9 Å². The molecule has 0 spiro atoms. The fourth-order valence-electron chi connectivity index (χ4n) is 3.70. The molecule has 0 N–H and O–H groups in total. The SMILES string of the molecule is COC(=O)c1c2c(c(-c3ccc(OC)c(OC)c3)c3ccccc13)C(=O)OC2. The van der Waals surface area contributed by atoms with Crippen molar-refractivity contribution in [1.29, 1.82) is 0 Å². The molecule has 3 aromatic carbocycles. The second-order valence-electron chi connectivity index (χ2n) is 6.29. The highest BCUT2D eigenvalue weighted by molar-refractivity contribution is 6.18. The summed E-state index contributed by atoms with van der Waals surface area (Å²) in [5.74, 6) is 0.169. The zero-order valence-corrected chi connectivity index (χ0v) is 15.7. The highest BCUT2D eigenvalue weighted by Gasteiger charge is 2.33. The van der Waals surface area contributed by atoms with E-state index in [1.165, 1.54) is 7.11 Å². The smallest absolute Gasteiger partial charge is 0.339 e. The highest BCUT2D eigenvalue weighted by Crippen LogP contribution is 2.43. The van der Waals surface area contributed by atoms with Crippen LogP contribution in [0.4, 0.5) is 0 Å². The van der Waals surface area contributed by atoms with Gasteiger partial charge in [0, 0.05) is 11.1 Å². The summed E-state index contributed by atoms with van der Waals surface area (Å²) in [5, 5.41) is 1.46. The van der Waals surface area contributed by atoms with Gasteiger partial charge in [0.2, 0.25) is 0 Å². The molecule has 0 radical (unpaired) electrons. The van der Waals surface area contributed by atoms with E-state index in [1.54, 1.807) is 20.3 Å². The Morgan fingerprint density at radius 3 is 2.32 bits per heavy atom. The van der Waals surface area contributed by atoms with Gasteiger partial charge in [-0.15, -0.1) is 0 Å². The van der Waals surface area contributed by atoms with Gasteiger partial charge in [-0.05, 0) is 28.5 Å². The largest absolute Gasteiger partial charge is 0.493 e. The van der Waals surface area contributed by atoms with E-state index in [4.69, 9.17) is 18.9 Å². The molecule has 0 atom stereocenters. The van der Waals surface area contributed by atoms with Gasteiger partial charge >= 0.3 is 11.9 Å². The molecule has 0 aromatic heterocycles. The molecule has 1 aliphatic heterocycles. The second-order valence-corrected chi connectivity index (χ2v) is 6.29. The molecule has 28 heavy (non-hydrogen) atoms. The van der Waals surface area contributed by atoms with Crippen LogP contribution in [-0.2, 0) is 16.1 Å². The van der Waals surface area contributed by atoms with Crippen LogP contribution in [0, 0.1) is 0 Å². The first-order valence-corrected chi connectivity index (χ1v) is 8.66. The van der Waals surface area contributed by atoms with Crippen molar-refractivity contribution in [1.82, 2.24) is 0 Å². The molecule has 0 bridgehead atoms. The number of esters is 2. The average molecular weight is 378 g/mol. The first-order valence-electron chi connectivity index (χ1n) is 8.66. The van der Waals surface area contributed by atoms with Crippen molar-refractivity contribution in [3.05, 3.63) is 59.2 Å². The number of carbonyl (C=O) groups is 2. The summed E-state index contributed by atoms with van der Waals surface area (Å²) in [7, 11) is 4.44. The van der Waals surface area contributed by atoms with Crippen molar-refractivity contribution < 1.29 is 28.5 Å². The summed E-state index contributed by atoms with van der Waals surface area (Å²) in [6, 6.07) is 12.9. The Balaban J connectivity index is 2.12. The molecule has 6 nitrogen and oxygen atoms in total. The normalized spacial score (nSPS) is 12.5. The van der Waals surface area contributed by atoms with Gasteiger partial charge in [0.1, 0.15) is 6.61 Å². The molecule has 3 aromatic rings. The molecule has 1 heterocycles. The van der Waals surface area contributed by atoms with Gasteiger partial charge in [-0.3, -0.25) is 0 Å². The quantitative estimate of drug-likeness (QED) is 0.640. The Labute approximate surface area is 161 Å². The van der Waals surface area contributed by atoms with Crippen LogP contribution in [0.1, 0.15) is 26.3 Å². The number of rotatable bonds is 4. The minimum Gasteiger partial charge on any atom is -0.493 e. The minimum absolute atomic E-state index is 0.0315. The number of hydrogen-bond donors (Lipinski definition) is 0. The first-order chi connectivity index (χ1) is 13.6. The molecule has 0 fully saturated rings. The molecule has 6 heteroatoms. The van der Waals surface area contributed by atoms with Gasteiger partial charge < -0.3 is 18.9 Å². The van der Waals surface area contributed by atoms with E-state index in [9.17, 15) is 9.59 Å². The van der Waals surface area contributed by atoms with Crippen LogP contribution in [0.2, 0.25) is 0 Å². The third-order valence-electron chi connectivity index (χ3n) is 4.93. The average Bonchev–Trinajstić information content (AvgIpc) is 3.11. The number of methoxy groups -OCH3 is 3. The Bertz CT molecular complexity index is 1120. The Hall–Kier alpha value is -3.54. The van der Waals surface area contributed by atoms with E-state index < -0.39 is 11.9 Å². The van der Waals surface area contributed by atoms with Crippen LogP contribution in [-0.4, -0.2) is 33.3 Å². The van der Waals surface area contributed by atoms with Gasteiger partial charge in [0.25, 0.3) is 0 Å². The number of hydrogen-bond acceptors (Lipinski definition) is 6. The van der Waals surface area contributed by atoms with Crippen molar-refractivity contribution in [2.45, 2.75) is 6.61 Å². The van der Waals surface area contributed by atoms with Crippen LogP contribution in [0.15, 0.2) is 42.5 Å². The first kappa shape index (κ1) is 17.9. The predicted octanol–water partition coefficient (Wildman–Crippen LogP) is 3.98. The van der Waals surface area contributed by atoms with E-state index in [1.807, 2.05) is 36.4 Å². The lowest BCUT2D eigenvalue weighted by atomic mass is 9.87. The number of fused-ring (bicyclic) bond motifs is 2. The number of cyclic esters (lactones) is 1. The third kappa shape index (κ3) is 2.57. The van der Waals surface area contributed by atoms with Gasteiger partial charge in [-0.25, -0.2) is 9.59 Å². The summed E-state index contributed by atoms with van der Waals surface area (Å²) in [6.07, 6.45) is 0. The van der Waals surface area contributed by atoms with Crippen LogP contribution in [0.3, 0.4) is 0 Å². The summed E-state index contributed by atoms with van der Waals surface area (Å²) < 4.78 is 21.0. The molecule has 142 valence electrons. The Morgan fingerprint density at radius 1 is 0.929 bits per heavy atom. The zero-order chi connectivity index (χ0) is 19.8. The van der Waals surface area contributed by atoms with Crippen LogP contribution >= 0.6 is 0 Å². The van der Waals surface area contributed by atoms with Crippen molar-refractivity contribution in [2.75, 3.05) is 21.3 Å². The van der Waals surface area contributed by atoms with E-state index >= 15 is 0 Å². The standard InChI is InChI=1S/C22H18O6/c1-25-16-9-8-12(10-17(16)26-2)18-13-6-4-5-7-14(13)19(21(23)27-3)15-11-28-22(24)20(15)18/h4-10H,11H2,1-3H3. The zero-order valence-electron chi connectivity index (χ0n) is 15.7. The molecular weight excluding hydrogens is 360 g/mol. The highest BCUT2D eigenvalue weighted by atomic mass is 16.5. The maximum absolute atomic E-state index is 12.6. The van der Waals surface area contributed by atoms with Crippen LogP contribution < -0.4 is 9.47 Å². The van der Waals surface area contributed by atoms with Gasteiger partial charge in [-0.1, -0.05) is 30.3 Å². The van der Waals surface area contributed by atoms with Crippen molar-refractivity contribution in [3.8, 4) is 22.6 Å². The topological polar surface area (TPSA) is 71.1 Å². The fourth-order valence-corrected chi connectivity index (χ4v) is 3.70. The molecule has 0 aliphatic carbocycles. The van der Waals surface area contributed by atoms with Gasteiger partial charge in [0.15, 0.2) is 11.5 Å². The number of carbonyl (C=O) groups excluding carboxylic acids is 2. The summed E-state index contributed by atoms with van der Waals surface area (Å²) >= 11 is 0. The fraction of sp³-hybridized carbons (Fsp3) is 0.182. The van der Waals surface area contributed by atoms with Crippen molar-refractivity contribution >= 4 is 22.7 Å².